The van der Waals surface area contributed by atoms with Crippen molar-refractivity contribution in [2.75, 3.05) is 5.32 Å². The second kappa shape index (κ2) is 6.89. The second-order valence-corrected chi connectivity index (χ2v) is 5.50. The molecule has 0 atom stereocenters. The van der Waals surface area contributed by atoms with E-state index >= 15 is 0 Å². The fourth-order valence-corrected chi connectivity index (χ4v) is 1.44. The van der Waals surface area contributed by atoms with Crippen LogP contribution in [0, 0.1) is 0 Å². The highest BCUT2D eigenvalue weighted by molar-refractivity contribution is 7.80. The molecule has 8 heteroatoms. The Hall–Kier alpha value is -2.35. The summed E-state index contributed by atoms with van der Waals surface area (Å²) < 4.78 is 5.02. The minimum absolute atomic E-state index is 0.143. The summed E-state index contributed by atoms with van der Waals surface area (Å²) in [6.07, 6.45) is -0.659. The number of carbonyl (C=O) groups excluding carboxylic acids is 1. The van der Waals surface area contributed by atoms with E-state index < -0.39 is 17.7 Å². The first-order valence-corrected chi connectivity index (χ1v) is 6.47. The normalized spacial score (nSPS) is 10.4. The van der Waals surface area contributed by atoms with Crippen molar-refractivity contribution in [1.82, 2.24) is 10.9 Å². The van der Waals surface area contributed by atoms with Crippen LogP contribution in [-0.4, -0.2) is 27.9 Å². The highest BCUT2D eigenvalue weighted by Crippen LogP contribution is 2.09. The van der Waals surface area contributed by atoms with Crippen LogP contribution in [0.4, 0.5) is 10.5 Å². The van der Waals surface area contributed by atoms with Gasteiger partial charge in [0.25, 0.3) is 0 Å². The third kappa shape index (κ3) is 6.57. The molecule has 0 bridgehead atoms. The molecule has 0 saturated carbocycles. The highest BCUT2D eigenvalue weighted by Gasteiger charge is 2.15. The number of carbonyl (C=O) groups is 2. The number of rotatable bonds is 2. The zero-order valence-electron chi connectivity index (χ0n) is 11.9. The zero-order chi connectivity index (χ0) is 16.0. The molecule has 0 aromatic heterocycles. The number of aromatic carboxylic acids is 1. The van der Waals surface area contributed by atoms with Gasteiger partial charge in [-0.05, 0) is 57.3 Å². The third-order valence-corrected chi connectivity index (χ3v) is 2.27. The number of nitrogens with one attached hydrogen (secondary N) is 3. The summed E-state index contributed by atoms with van der Waals surface area (Å²) >= 11 is 4.97. The number of ether oxygens (including phenoxy) is 1. The van der Waals surface area contributed by atoms with Crippen LogP contribution in [0.3, 0.4) is 0 Å². The summed E-state index contributed by atoms with van der Waals surface area (Å²) in [6, 6.07) is 6.00. The van der Waals surface area contributed by atoms with Crippen LogP contribution < -0.4 is 16.2 Å². The van der Waals surface area contributed by atoms with Crippen molar-refractivity contribution in [1.29, 1.82) is 0 Å². The van der Waals surface area contributed by atoms with Crippen molar-refractivity contribution >= 4 is 35.1 Å². The molecule has 0 aliphatic carbocycles. The number of carboxylic acids is 1. The summed E-state index contributed by atoms with van der Waals surface area (Å²) in [6.45, 7) is 5.23. The lowest BCUT2D eigenvalue weighted by Gasteiger charge is -2.20. The lowest BCUT2D eigenvalue weighted by molar-refractivity contribution is 0.0513. The zero-order valence-corrected chi connectivity index (χ0v) is 12.7. The maximum atomic E-state index is 11.4. The lowest BCUT2D eigenvalue weighted by atomic mass is 10.2. The molecule has 0 saturated heterocycles. The Morgan fingerprint density at radius 3 is 2.19 bits per heavy atom. The van der Waals surface area contributed by atoms with E-state index in [9.17, 15) is 9.59 Å². The number of hydrogen-bond donors (Lipinski definition) is 4. The first-order chi connectivity index (χ1) is 9.67. The number of amides is 1. The summed E-state index contributed by atoms with van der Waals surface area (Å²) in [4.78, 5) is 22.1. The fourth-order valence-electron chi connectivity index (χ4n) is 1.27. The van der Waals surface area contributed by atoms with Gasteiger partial charge in [-0.3, -0.25) is 5.43 Å². The molecule has 0 fully saturated rings. The number of hydrogen-bond acceptors (Lipinski definition) is 4. The molecule has 0 heterocycles. The number of carboxylic acid groups (broad SMARTS) is 1. The Bertz CT molecular complexity index is 537. The van der Waals surface area contributed by atoms with E-state index in [1.165, 1.54) is 12.1 Å². The molecule has 0 unspecified atom stereocenters. The van der Waals surface area contributed by atoms with Gasteiger partial charge in [0.1, 0.15) is 5.60 Å². The quantitative estimate of drug-likeness (QED) is 0.490. The molecule has 0 spiro atoms. The van der Waals surface area contributed by atoms with Crippen molar-refractivity contribution < 1.29 is 19.4 Å². The van der Waals surface area contributed by atoms with Gasteiger partial charge >= 0.3 is 12.1 Å². The van der Waals surface area contributed by atoms with E-state index in [0.29, 0.717) is 5.69 Å². The average Bonchev–Trinajstić information content (AvgIpc) is 2.35. The standard InChI is InChI=1S/C13H17N3O4S/c1-13(2,3)20-12(19)16-15-11(21)14-9-6-4-8(5-7-9)10(17)18/h4-7H,1-3H3,(H,16,19)(H,17,18)(H2,14,15,21). The van der Waals surface area contributed by atoms with Crippen molar-refractivity contribution in [3.05, 3.63) is 29.8 Å². The van der Waals surface area contributed by atoms with Crippen LogP contribution in [-0.2, 0) is 4.74 Å². The smallest absolute Gasteiger partial charge is 0.426 e. The van der Waals surface area contributed by atoms with Gasteiger partial charge in [-0.25, -0.2) is 15.0 Å². The van der Waals surface area contributed by atoms with Crippen LogP contribution in [0.2, 0.25) is 0 Å². The van der Waals surface area contributed by atoms with Gasteiger partial charge in [0, 0.05) is 5.69 Å². The minimum atomic E-state index is -1.01. The molecule has 1 rings (SSSR count). The van der Waals surface area contributed by atoms with Crippen molar-refractivity contribution in [3.8, 4) is 0 Å². The second-order valence-electron chi connectivity index (χ2n) is 5.09. The molecule has 1 aromatic rings. The van der Waals surface area contributed by atoms with Crippen LogP contribution in [0.5, 0.6) is 0 Å². The van der Waals surface area contributed by atoms with E-state index in [4.69, 9.17) is 22.1 Å². The molecular weight excluding hydrogens is 294 g/mol. The van der Waals surface area contributed by atoms with Crippen LogP contribution in [0.1, 0.15) is 31.1 Å². The number of hydrazine groups is 1. The average molecular weight is 311 g/mol. The summed E-state index contributed by atoms with van der Waals surface area (Å²) in [5, 5.41) is 11.7. The van der Waals surface area contributed by atoms with E-state index in [2.05, 4.69) is 16.2 Å². The summed E-state index contributed by atoms with van der Waals surface area (Å²) in [5.74, 6) is -1.01. The Kier molecular flexibility index (Phi) is 5.48. The third-order valence-electron chi connectivity index (χ3n) is 2.07. The Balaban J connectivity index is 2.43. The maximum Gasteiger partial charge on any atom is 0.426 e. The SMILES string of the molecule is CC(C)(C)OC(=O)NNC(=S)Nc1ccc(C(=O)O)cc1. The molecule has 7 nitrogen and oxygen atoms in total. The van der Waals surface area contributed by atoms with Crippen LogP contribution >= 0.6 is 12.2 Å². The molecule has 114 valence electrons. The predicted molar refractivity (Wildman–Crippen MR) is 82.1 cm³/mol. The van der Waals surface area contributed by atoms with Crippen molar-refractivity contribution in [3.63, 3.8) is 0 Å². The molecule has 0 aliphatic rings. The highest BCUT2D eigenvalue weighted by atomic mass is 32.1. The van der Waals surface area contributed by atoms with E-state index in [0.717, 1.165) is 0 Å². The Morgan fingerprint density at radius 1 is 1.14 bits per heavy atom. The van der Waals surface area contributed by atoms with Gasteiger partial charge < -0.3 is 15.2 Å². The van der Waals surface area contributed by atoms with Crippen LogP contribution in [0.15, 0.2) is 24.3 Å². The summed E-state index contributed by atoms with van der Waals surface area (Å²) in [7, 11) is 0. The molecule has 1 amide bonds. The minimum Gasteiger partial charge on any atom is -0.478 e. The molecule has 4 N–H and O–H groups in total. The number of benzene rings is 1. The van der Waals surface area contributed by atoms with Crippen molar-refractivity contribution in [2.45, 2.75) is 26.4 Å². The topological polar surface area (TPSA) is 99.7 Å². The van der Waals surface area contributed by atoms with Gasteiger partial charge in [0.15, 0.2) is 5.11 Å². The van der Waals surface area contributed by atoms with Gasteiger partial charge in [0.05, 0.1) is 5.56 Å². The van der Waals surface area contributed by atoms with Gasteiger partial charge in [-0.1, -0.05) is 0 Å². The Labute approximate surface area is 127 Å². The van der Waals surface area contributed by atoms with Gasteiger partial charge in [0.2, 0.25) is 0 Å². The molecule has 0 radical (unpaired) electrons. The van der Waals surface area contributed by atoms with E-state index in [1.54, 1.807) is 32.9 Å². The monoisotopic (exact) mass is 311 g/mol. The molecule has 21 heavy (non-hydrogen) atoms. The fraction of sp³-hybridized carbons (Fsp3) is 0.308. The number of thiocarbonyl (C=S) groups is 1. The first-order valence-electron chi connectivity index (χ1n) is 6.07. The molecule has 1 aromatic carbocycles. The number of anilines is 1. The van der Waals surface area contributed by atoms with Crippen LogP contribution in [0.25, 0.3) is 0 Å². The maximum absolute atomic E-state index is 11.4. The van der Waals surface area contributed by atoms with Crippen molar-refractivity contribution in [2.24, 2.45) is 0 Å². The predicted octanol–water partition coefficient (Wildman–Crippen LogP) is 2.11. The van der Waals surface area contributed by atoms with Gasteiger partial charge in [-0.2, -0.15) is 0 Å². The summed E-state index contributed by atoms with van der Waals surface area (Å²) in [5.41, 5.74) is 4.91. The van der Waals surface area contributed by atoms with Gasteiger partial charge in [-0.15, -0.1) is 0 Å². The molecular formula is C13H17N3O4S. The Morgan fingerprint density at radius 2 is 1.71 bits per heavy atom. The van der Waals surface area contributed by atoms with E-state index in [1.807, 2.05) is 0 Å². The lowest BCUT2D eigenvalue weighted by Crippen LogP contribution is -2.45. The van der Waals surface area contributed by atoms with E-state index in [-0.39, 0.29) is 10.7 Å². The largest absolute Gasteiger partial charge is 0.478 e. The molecule has 0 aliphatic heterocycles. The first kappa shape index (κ1) is 16.7.